The average molecular weight is 301 g/mol. The lowest BCUT2D eigenvalue weighted by molar-refractivity contribution is -0.100. The number of halogens is 2. The largest absolute Gasteiger partial charge is 0.393 e. The maximum absolute atomic E-state index is 14.3. The third-order valence-electron chi connectivity index (χ3n) is 3.61. The van der Waals surface area contributed by atoms with Gasteiger partial charge in [-0.05, 0) is 6.92 Å². The molecule has 3 rings (SSSR count). The quantitative estimate of drug-likeness (QED) is 0.675. The van der Waals surface area contributed by atoms with E-state index in [2.05, 4.69) is 15.1 Å². The minimum Gasteiger partial charge on any atom is -0.393 e. The summed E-state index contributed by atoms with van der Waals surface area (Å²) in [5.74, 6) is -0.201. The van der Waals surface area contributed by atoms with Crippen molar-refractivity contribution in [2.75, 3.05) is 12.3 Å². The average Bonchev–Trinajstić information content (AvgIpc) is 2.95. The first-order chi connectivity index (χ1) is 9.87. The van der Waals surface area contributed by atoms with Gasteiger partial charge in [0.2, 0.25) is 0 Å². The van der Waals surface area contributed by atoms with Crippen molar-refractivity contribution in [2.45, 2.75) is 30.9 Å². The van der Waals surface area contributed by atoms with Gasteiger partial charge in [-0.1, -0.05) is 0 Å². The molecule has 114 valence electrons. The van der Waals surface area contributed by atoms with Crippen LogP contribution in [0.2, 0.25) is 0 Å². The van der Waals surface area contributed by atoms with Gasteiger partial charge in [-0.2, -0.15) is 9.37 Å². The fraction of sp³-hybridized carbons (Fsp3) is 0.545. The Kier molecular flexibility index (Phi) is 3.04. The summed E-state index contributed by atoms with van der Waals surface area (Å²) in [4.78, 5) is 7.21. The van der Waals surface area contributed by atoms with Crippen LogP contribution in [0.25, 0.3) is 5.65 Å². The molecule has 1 aliphatic rings. The number of aromatic nitrogens is 4. The van der Waals surface area contributed by atoms with Crippen LogP contribution >= 0.6 is 0 Å². The highest BCUT2D eigenvalue weighted by atomic mass is 19.1. The number of nitrogen functional groups attached to an aromatic ring is 1. The molecule has 4 N–H and O–H groups in total. The molecule has 0 aromatic carbocycles. The maximum Gasteiger partial charge on any atom is 0.328 e. The molecule has 0 unspecified atom stereocenters. The molecule has 1 aliphatic heterocycles. The highest BCUT2D eigenvalue weighted by Crippen LogP contribution is 2.41. The van der Waals surface area contributed by atoms with Gasteiger partial charge in [0.15, 0.2) is 17.6 Å². The number of imidazole rings is 1. The van der Waals surface area contributed by atoms with E-state index in [-0.39, 0.29) is 17.2 Å². The predicted octanol–water partition coefficient (Wildman–Crippen LogP) is -0.633. The third-order valence-corrected chi connectivity index (χ3v) is 3.61. The van der Waals surface area contributed by atoms with Crippen molar-refractivity contribution in [2.24, 2.45) is 0 Å². The van der Waals surface area contributed by atoms with Crippen molar-refractivity contribution in [1.82, 2.24) is 19.6 Å². The number of ether oxygens (including phenoxy) is 1. The number of alkyl halides is 1. The number of fused-ring (bicyclic) bond motifs is 1. The second-order valence-corrected chi connectivity index (χ2v) is 5.08. The van der Waals surface area contributed by atoms with Crippen molar-refractivity contribution in [3.63, 3.8) is 0 Å². The lowest BCUT2D eigenvalue weighted by Crippen LogP contribution is -2.42. The number of aliphatic hydroxyl groups excluding tert-OH is 2. The minimum atomic E-state index is -1.83. The van der Waals surface area contributed by atoms with Gasteiger partial charge in [0.25, 0.3) is 0 Å². The van der Waals surface area contributed by atoms with E-state index in [0.29, 0.717) is 0 Å². The molecule has 4 atom stereocenters. The normalized spacial score (nSPS) is 32.9. The van der Waals surface area contributed by atoms with Crippen LogP contribution in [0.15, 0.2) is 6.20 Å². The Morgan fingerprint density at radius 2 is 2.29 bits per heavy atom. The number of nitrogens with two attached hydrogens (primary N) is 1. The van der Waals surface area contributed by atoms with E-state index < -0.39 is 36.7 Å². The molecule has 0 spiro atoms. The van der Waals surface area contributed by atoms with E-state index in [4.69, 9.17) is 10.5 Å². The summed E-state index contributed by atoms with van der Waals surface area (Å²) in [6.45, 7) is 0.796. The van der Waals surface area contributed by atoms with Gasteiger partial charge in [-0.15, -0.1) is 5.10 Å². The molecule has 0 bridgehead atoms. The monoisotopic (exact) mass is 301 g/mol. The minimum absolute atomic E-state index is 0.0503. The second-order valence-electron chi connectivity index (χ2n) is 5.08. The zero-order valence-electron chi connectivity index (χ0n) is 10.9. The van der Waals surface area contributed by atoms with E-state index in [9.17, 15) is 19.0 Å². The van der Waals surface area contributed by atoms with E-state index in [1.165, 1.54) is 13.1 Å². The van der Waals surface area contributed by atoms with Crippen molar-refractivity contribution in [3.8, 4) is 0 Å². The molecule has 1 saturated heterocycles. The van der Waals surface area contributed by atoms with Gasteiger partial charge in [0.05, 0.1) is 18.5 Å². The Morgan fingerprint density at radius 3 is 2.90 bits per heavy atom. The molecule has 2 aromatic rings. The molecule has 10 heteroatoms. The lowest BCUT2D eigenvalue weighted by atomic mass is 9.98. The van der Waals surface area contributed by atoms with Crippen LogP contribution in [-0.2, 0) is 4.74 Å². The van der Waals surface area contributed by atoms with Crippen molar-refractivity contribution in [3.05, 3.63) is 18.0 Å². The molecule has 0 aliphatic carbocycles. The molecule has 21 heavy (non-hydrogen) atoms. The fourth-order valence-electron chi connectivity index (χ4n) is 2.37. The Hall–Kier alpha value is -1.91. The van der Waals surface area contributed by atoms with Crippen molar-refractivity contribution >= 4 is 11.5 Å². The molecule has 0 radical (unpaired) electrons. The summed E-state index contributed by atoms with van der Waals surface area (Å²) < 4.78 is 33.9. The zero-order valence-corrected chi connectivity index (χ0v) is 10.9. The lowest BCUT2D eigenvalue weighted by Gasteiger charge is -2.24. The van der Waals surface area contributed by atoms with Gasteiger partial charge in [-0.3, -0.25) is 0 Å². The zero-order chi connectivity index (χ0) is 15.4. The Labute approximate surface area is 117 Å². The van der Waals surface area contributed by atoms with Gasteiger partial charge in [0.1, 0.15) is 17.8 Å². The van der Waals surface area contributed by atoms with Crippen LogP contribution in [0, 0.1) is 6.08 Å². The second kappa shape index (κ2) is 4.55. The number of rotatable bonds is 2. The van der Waals surface area contributed by atoms with E-state index in [1.807, 2.05) is 0 Å². The Bertz CT molecular complexity index is 696. The highest BCUT2D eigenvalue weighted by Gasteiger charge is 2.53. The van der Waals surface area contributed by atoms with Crippen molar-refractivity contribution in [1.29, 1.82) is 0 Å². The summed E-state index contributed by atoms with van der Waals surface area (Å²) in [6, 6.07) is 0. The number of aliphatic hydroxyl groups is 2. The number of nitrogens with zero attached hydrogens (tertiary/aromatic N) is 4. The van der Waals surface area contributed by atoms with E-state index >= 15 is 0 Å². The fourth-order valence-corrected chi connectivity index (χ4v) is 2.37. The number of hydrogen-bond acceptors (Lipinski definition) is 7. The third kappa shape index (κ3) is 1.94. The molecule has 0 amide bonds. The summed E-state index contributed by atoms with van der Waals surface area (Å²) in [7, 11) is 0. The molecule has 2 aromatic heterocycles. The molecule has 0 saturated carbocycles. The first kappa shape index (κ1) is 14.0. The maximum atomic E-state index is 14.3. The van der Waals surface area contributed by atoms with E-state index in [1.54, 1.807) is 0 Å². The number of anilines is 1. The highest BCUT2D eigenvalue weighted by molar-refractivity contribution is 5.59. The van der Waals surface area contributed by atoms with Crippen LogP contribution in [0.4, 0.5) is 14.6 Å². The van der Waals surface area contributed by atoms with Crippen molar-refractivity contribution < 1.29 is 23.7 Å². The van der Waals surface area contributed by atoms with Gasteiger partial charge < -0.3 is 20.7 Å². The first-order valence-corrected chi connectivity index (χ1v) is 6.15. The van der Waals surface area contributed by atoms with Crippen LogP contribution in [0.3, 0.4) is 0 Å². The topological polar surface area (TPSA) is 119 Å². The van der Waals surface area contributed by atoms with Crippen LogP contribution in [0.1, 0.15) is 18.7 Å². The van der Waals surface area contributed by atoms with Gasteiger partial charge >= 0.3 is 6.08 Å². The van der Waals surface area contributed by atoms with Crippen LogP contribution in [0.5, 0.6) is 0 Å². The number of hydrogen-bond donors (Lipinski definition) is 3. The summed E-state index contributed by atoms with van der Waals surface area (Å²) in [6.07, 6.45) is -4.52. The predicted molar refractivity (Wildman–Crippen MR) is 65.4 cm³/mol. The molecule has 3 heterocycles. The summed E-state index contributed by atoms with van der Waals surface area (Å²) in [5.41, 5.74) is 4.17. The Morgan fingerprint density at radius 1 is 1.57 bits per heavy atom. The van der Waals surface area contributed by atoms with Gasteiger partial charge in [0, 0.05) is 0 Å². The molecule has 8 nitrogen and oxygen atoms in total. The summed E-state index contributed by atoms with van der Waals surface area (Å²) in [5, 5.41) is 22.6. The van der Waals surface area contributed by atoms with E-state index in [0.717, 1.165) is 4.52 Å². The molecular formula is C11H13F2N5O3. The Balaban J connectivity index is 2.10. The molecular weight excluding hydrogens is 288 g/mol. The standard InChI is InChI=1S/C11H13F2N5O3/c1-11(3-19)7(20)5(12)6(21-11)4-2-15-9-8(14)16-10(13)17-18(4)9/h2,5-7,19-20H,3H2,1H3,(H2,14,16,17)/t5-,6-,7-,11+/m0/s1. The van der Waals surface area contributed by atoms with Gasteiger partial charge in [-0.25, -0.2) is 13.9 Å². The SMILES string of the molecule is C[C@]1(CO)O[C@@H](c2cnc3c(N)nc(F)nn23)[C@H](F)[C@@H]1O. The first-order valence-electron chi connectivity index (χ1n) is 6.15. The van der Waals surface area contributed by atoms with Crippen LogP contribution in [-0.4, -0.2) is 54.3 Å². The van der Waals surface area contributed by atoms with Crippen LogP contribution < -0.4 is 5.73 Å². The smallest absolute Gasteiger partial charge is 0.328 e. The summed E-state index contributed by atoms with van der Waals surface area (Å²) >= 11 is 0. The molecule has 1 fully saturated rings.